The molecule has 158 valence electrons. The summed E-state index contributed by atoms with van der Waals surface area (Å²) in [6.07, 6.45) is -0.162. The lowest BCUT2D eigenvalue weighted by molar-refractivity contribution is -0.139. The number of esters is 1. The van der Waals surface area contributed by atoms with Gasteiger partial charge in [-0.15, -0.1) is 0 Å². The summed E-state index contributed by atoms with van der Waals surface area (Å²) in [5, 5.41) is 11.9. The van der Waals surface area contributed by atoms with Crippen LogP contribution in [0, 0.1) is 6.92 Å². The second-order valence-electron chi connectivity index (χ2n) is 7.17. The lowest BCUT2D eigenvalue weighted by Crippen LogP contribution is -2.37. The summed E-state index contributed by atoms with van der Waals surface area (Å²) in [7, 11) is 0. The number of aliphatic imine (C=N–C) groups is 1. The number of carboxylic acid groups (broad SMARTS) is 1. The van der Waals surface area contributed by atoms with Crippen molar-refractivity contribution in [3.05, 3.63) is 88.0 Å². The van der Waals surface area contributed by atoms with E-state index in [1.165, 1.54) is 11.8 Å². The molecule has 0 bridgehead atoms. The molecule has 0 saturated carbocycles. The zero-order valence-electron chi connectivity index (χ0n) is 17.2. The van der Waals surface area contributed by atoms with Gasteiger partial charge in [0.2, 0.25) is 0 Å². The average Bonchev–Trinajstić information content (AvgIpc) is 3.15. The molecule has 2 heterocycles. The van der Waals surface area contributed by atoms with Gasteiger partial charge in [0.25, 0.3) is 0 Å². The number of nitrogens with zero attached hydrogens (tertiary/aromatic N) is 2. The zero-order valence-corrected chi connectivity index (χ0v) is 18.1. The average molecular weight is 435 g/mol. The second-order valence-corrected chi connectivity index (χ2v) is 8.01. The number of thioether (sulfide) groups is 1. The minimum absolute atomic E-state index is 0.162. The van der Waals surface area contributed by atoms with Gasteiger partial charge < -0.3 is 14.7 Å². The van der Waals surface area contributed by atoms with Crippen molar-refractivity contribution in [1.29, 1.82) is 0 Å². The fourth-order valence-electron chi connectivity index (χ4n) is 3.83. The molecule has 0 aromatic heterocycles. The third kappa shape index (κ3) is 4.01. The molecule has 6 nitrogen and oxygen atoms in total. The molecule has 1 atom stereocenters. The molecule has 4 rings (SSSR count). The predicted molar refractivity (Wildman–Crippen MR) is 121 cm³/mol. The van der Waals surface area contributed by atoms with Crippen LogP contribution < -0.4 is 0 Å². The first-order valence-electron chi connectivity index (χ1n) is 9.99. The molecular weight excluding hydrogens is 412 g/mol. The SMILES string of the molecule is CCOC(=O)C1=C(c2ccccc2)N=C2SC=C(CC(=O)O)N2C1c1ccccc1C. The van der Waals surface area contributed by atoms with Gasteiger partial charge in [0.15, 0.2) is 5.17 Å². The van der Waals surface area contributed by atoms with Crippen LogP contribution in [0.15, 0.2) is 76.3 Å². The number of amidine groups is 1. The van der Waals surface area contributed by atoms with Gasteiger partial charge in [-0.1, -0.05) is 66.4 Å². The Kier molecular flexibility index (Phi) is 5.95. The Labute approximate surface area is 184 Å². The molecule has 31 heavy (non-hydrogen) atoms. The highest BCUT2D eigenvalue weighted by Crippen LogP contribution is 2.47. The zero-order chi connectivity index (χ0) is 22.0. The maximum atomic E-state index is 13.3. The van der Waals surface area contributed by atoms with Crippen LogP contribution in [-0.4, -0.2) is 33.7 Å². The van der Waals surface area contributed by atoms with Crippen LogP contribution in [0.3, 0.4) is 0 Å². The fraction of sp³-hybridized carbons (Fsp3) is 0.208. The van der Waals surface area contributed by atoms with E-state index in [1.807, 2.05) is 66.4 Å². The Morgan fingerprint density at radius 3 is 2.52 bits per heavy atom. The number of aliphatic carboxylic acids is 1. The molecule has 0 aliphatic carbocycles. The first kappa shape index (κ1) is 20.9. The smallest absolute Gasteiger partial charge is 0.338 e. The molecule has 7 heteroatoms. The third-order valence-electron chi connectivity index (χ3n) is 5.17. The van der Waals surface area contributed by atoms with E-state index >= 15 is 0 Å². The van der Waals surface area contributed by atoms with Gasteiger partial charge in [-0.05, 0) is 30.4 Å². The lowest BCUT2D eigenvalue weighted by atomic mass is 9.89. The number of benzene rings is 2. The number of carbonyl (C=O) groups excluding carboxylic acids is 1. The van der Waals surface area contributed by atoms with Gasteiger partial charge >= 0.3 is 11.9 Å². The van der Waals surface area contributed by atoms with Gasteiger partial charge in [0, 0.05) is 11.3 Å². The molecule has 2 aromatic carbocycles. The van der Waals surface area contributed by atoms with Gasteiger partial charge in [-0.2, -0.15) is 0 Å². The van der Waals surface area contributed by atoms with Crippen LogP contribution in [0.5, 0.6) is 0 Å². The highest BCUT2D eigenvalue weighted by Gasteiger charge is 2.42. The maximum absolute atomic E-state index is 13.3. The molecular formula is C24H22N2O4S. The summed E-state index contributed by atoms with van der Waals surface area (Å²) in [5.41, 5.74) is 4.27. The quantitative estimate of drug-likeness (QED) is 0.662. The van der Waals surface area contributed by atoms with Gasteiger partial charge in [0.05, 0.1) is 30.3 Å². The summed E-state index contributed by atoms with van der Waals surface area (Å²) in [6, 6.07) is 16.8. The van der Waals surface area contributed by atoms with E-state index in [1.54, 1.807) is 12.3 Å². The Hall–Kier alpha value is -3.32. The number of hydrogen-bond donors (Lipinski definition) is 1. The molecule has 0 fully saturated rings. The Morgan fingerprint density at radius 1 is 1.13 bits per heavy atom. The van der Waals surface area contributed by atoms with Crippen molar-refractivity contribution in [2.75, 3.05) is 6.61 Å². The number of carbonyl (C=O) groups is 2. The van der Waals surface area contributed by atoms with Gasteiger partial charge in [0.1, 0.15) is 0 Å². The molecule has 1 N–H and O–H groups in total. The summed E-state index contributed by atoms with van der Waals surface area (Å²) in [4.78, 5) is 31.5. The van der Waals surface area contributed by atoms with Crippen LogP contribution in [0.25, 0.3) is 5.70 Å². The van der Waals surface area contributed by atoms with Crippen LogP contribution >= 0.6 is 11.8 Å². The minimum Gasteiger partial charge on any atom is -0.481 e. The van der Waals surface area contributed by atoms with Crippen LogP contribution in [-0.2, 0) is 14.3 Å². The van der Waals surface area contributed by atoms with E-state index in [-0.39, 0.29) is 13.0 Å². The number of fused-ring (bicyclic) bond motifs is 1. The van der Waals surface area contributed by atoms with Crippen LogP contribution in [0.4, 0.5) is 0 Å². The largest absolute Gasteiger partial charge is 0.481 e. The monoisotopic (exact) mass is 434 g/mol. The molecule has 2 aliphatic heterocycles. The van der Waals surface area contributed by atoms with Crippen molar-refractivity contribution in [3.63, 3.8) is 0 Å². The number of aryl methyl sites for hydroxylation is 1. The number of hydrogen-bond acceptors (Lipinski definition) is 6. The van der Waals surface area contributed by atoms with Crippen LogP contribution in [0.1, 0.15) is 36.1 Å². The normalized spacial score (nSPS) is 17.7. The van der Waals surface area contributed by atoms with E-state index in [0.29, 0.717) is 22.1 Å². The first-order valence-corrected chi connectivity index (χ1v) is 10.9. The number of carboxylic acids is 1. The highest BCUT2D eigenvalue weighted by atomic mass is 32.2. The molecule has 2 aliphatic rings. The third-order valence-corrected chi connectivity index (χ3v) is 6.06. The molecule has 0 amide bonds. The van der Waals surface area contributed by atoms with E-state index in [2.05, 4.69) is 0 Å². The molecule has 0 spiro atoms. The topological polar surface area (TPSA) is 79.2 Å². The highest BCUT2D eigenvalue weighted by molar-refractivity contribution is 8.16. The van der Waals surface area contributed by atoms with Crippen molar-refractivity contribution in [2.45, 2.75) is 26.3 Å². The van der Waals surface area contributed by atoms with E-state index in [9.17, 15) is 14.7 Å². The van der Waals surface area contributed by atoms with Crippen LogP contribution in [0.2, 0.25) is 0 Å². The molecule has 0 saturated heterocycles. The standard InChI is InChI=1S/C24H22N2O4S/c1-3-30-23(29)20-21(16-10-5-4-6-11-16)25-24-26(17(14-31-24)13-19(27)28)22(20)18-12-8-7-9-15(18)2/h4-12,14,22H,3,13H2,1-2H3,(H,27,28). The number of rotatable bonds is 6. The summed E-state index contributed by atoms with van der Waals surface area (Å²) in [5.74, 6) is -1.39. The first-order chi connectivity index (χ1) is 15.0. The maximum Gasteiger partial charge on any atom is 0.338 e. The van der Waals surface area contributed by atoms with E-state index in [4.69, 9.17) is 9.73 Å². The molecule has 1 unspecified atom stereocenters. The van der Waals surface area contributed by atoms with Crippen molar-refractivity contribution in [1.82, 2.24) is 4.90 Å². The summed E-state index contributed by atoms with van der Waals surface area (Å²) >= 11 is 1.37. The second kappa shape index (κ2) is 8.81. The van der Waals surface area contributed by atoms with Crippen molar-refractivity contribution < 1.29 is 19.4 Å². The molecule has 2 aromatic rings. The summed E-state index contributed by atoms with van der Waals surface area (Å²) in [6.45, 7) is 3.98. The summed E-state index contributed by atoms with van der Waals surface area (Å²) < 4.78 is 5.45. The number of ether oxygens (including phenoxy) is 1. The lowest BCUT2D eigenvalue weighted by Gasteiger charge is -2.37. The minimum atomic E-state index is -0.938. The Bertz CT molecular complexity index is 1120. The van der Waals surface area contributed by atoms with Gasteiger partial charge in [-0.25, -0.2) is 9.79 Å². The van der Waals surface area contributed by atoms with Crippen molar-refractivity contribution in [3.8, 4) is 0 Å². The van der Waals surface area contributed by atoms with Gasteiger partial charge in [-0.3, -0.25) is 4.79 Å². The van der Waals surface area contributed by atoms with Crippen molar-refractivity contribution in [2.24, 2.45) is 4.99 Å². The molecule has 0 radical (unpaired) electrons. The van der Waals surface area contributed by atoms with Crippen molar-refractivity contribution >= 4 is 34.6 Å². The fourth-order valence-corrected chi connectivity index (χ4v) is 4.75. The Morgan fingerprint density at radius 2 is 1.84 bits per heavy atom. The van der Waals surface area contributed by atoms with E-state index in [0.717, 1.165) is 16.7 Å². The van der Waals surface area contributed by atoms with E-state index < -0.39 is 18.0 Å². The predicted octanol–water partition coefficient (Wildman–Crippen LogP) is 4.75. The Balaban J connectivity index is 1.97.